The van der Waals surface area contributed by atoms with E-state index in [9.17, 15) is 4.79 Å². The maximum atomic E-state index is 9.78. The van der Waals surface area contributed by atoms with Crippen LogP contribution < -0.4 is 0 Å². The van der Waals surface area contributed by atoms with Gasteiger partial charge in [-0.05, 0) is 18.2 Å². The Bertz CT molecular complexity index is 147. The highest BCUT2D eigenvalue weighted by Gasteiger charge is 1.77. The van der Waals surface area contributed by atoms with Crippen LogP contribution in [-0.2, 0) is 4.79 Å². The summed E-state index contributed by atoms with van der Waals surface area (Å²) in [6.07, 6.45) is 1.05. The monoisotopic (exact) mass is 114 g/mol. The first-order valence-corrected chi connectivity index (χ1v) is 1.95. The fraction of sp³-hybridized carbons (Fsp3) is 0. The molecule has 0 spiro atoms. The molecule has 0 atom stereocenters. The maximum Gasteiger partial charge on any atom is 0.253 e. The van der Waals surface area contributed by atoms with Crippen LogP contribution in [0.4, 0.5) is 0 Å². The summed E-state index contributed by atoms with van der Waals surface area (Å²) >= 11 is 4.83. The van der Waals surface area contributed by atoms with Crippen LogP contribution in [0.2, 0.25) is 0 Å². The molecule has 1 nitrogen and oxygen atoms in total. The summed E-state index contributed by atoms with van der Waals surface area (Å²) in [7, 11) is 0. The van der Waals surface area contributed by atoms with Crippen molar-refractivity contribution in [3.05, 3.63) is 24.1 Å². The molecule has 0 aliphatic rings. The minimum atomic E-state index is -0.559. The molecule has 0 aliphatic carbocycles. The van der Waals surface area contributed by atoms with E-state index in [4.69, 9.17) is 11.6 Å². The molecular formula is C5H3ClO. The average molecular weight is 115 g/mol. The lowest BCUT2D eigenvalue weighted by atomic mass is 10.6. The van der Waals surface area contributed by atoms with Crippen molar-refractivity contribution in [3.8, 4) is 0 Å². The molecule has 0 fully saturated rings. The molecule has 0 aliphatic heterocycles. The number of hydrogen-bond acceptors (Lipinski definition) is 1. The van der Waals surface area contributed by atoms with E-state index in [0.717, 1.165) is 6.08 Å². The van der Waals surface area contributed by atoms with E-state index in [-0.39, 0.29) is 0 Å². The molecule has 7 heavy (non-hydrogen) atoms. The zero-order chi connectivity index (χ0) is 5.70. The molecule has 2 heteroatoms. The number of rotatable bonds is 1. The van der Waals surface area contributed by atoms with Crippen LogP contribution >= 0.6 is 11.6 Å². The minimum absolute atomic E-state index is 0.559. The van der Waals surface area contributed by atoms with Crippen molar-refractivity contribution in [2.75, 3.05) is 0 Å². The van der Waals surface area contributed by atoms with Crippen LogP contribution in [0.15, 0.2) is 24.1 Å². The predicted molar refractivity (Wildman–Crippen MR) is 28.1 cm³/mol. The lowest BCUT2D eigenvalue weighted by molar-refractivity contribution is -0.107. The second-order valence-electron chi connectivity index (χ2n) is 0.770. The summed E-state index contributed by atoms with van der Waals surface area (Å²) in [5, 5.41) is -0.559. The molecule has 0 amide bonds. The standard InChI is InChI=1S/C5H3ClO/c1-2-3-4-5(6)7/h4H,1H2. The minimum Gasteiger partial charge on any atom is -0.276 e. The Morgan fingerprint density at radius 1 is 1.86 bits per heavy atom. The largest absolute Gasteiger partial charge is 0.276 e. The van der Waals surface area contributed by atoms with Crippen LogP contribution in [-0.4, -0.2) is 5.24 Å². The van der Waals surface area contributed by atoms with Crippen molar-refractivity contribution in [1.82, 2.24) is 0 Å². The Balaban J connectivity index is 3.96. The highest BCUT2D eigenvalue weighted by Crippen LogP contribution is 1.76. The Labute approximate surface area is 46.6 Å². The molecule has 0 saturated heterocycles. The van der Waals surface area contributed by atoms with Crippen LogP contribution in [0.3, 0.4) is 0 Å². The SMILES string of the molecule is C=C=C=CC(=O)Cl. The Hall–Kier alpha value is -0.740. The van der Waals surface area contributed by atoms with Gasteiger partial charge in [-0.15, -0.1) is 0 Å². The average Bonchev–Trinajstić information content (AvgIpc) is 1.61. The van der Waals surface area contributed by atoms with E-state index in [2.05, 4.69) is 18.0 Å². The van der Waals surface area contributed by atoms with Crippen molar-refractivity contribution in [2.45, 2.75) is 0 Å². The van der Waals surface area contributed by atoms with Gasteiger partial charge in [-0.3, -0.25) is 4.79 Å². The van der Waals surface area contributed by atoms with Gasteiger partial charge in [-0.1, -0.05) is 11.5 Å². The highest BCUT2D eigenvalue weighted by molar-refractivity contribution is 6.66. The van der Waals surface area contributed by atoms with Gasteiger partial charge in [0.25, 0.3) is 5.24 Å². The van der Waals surface area contributed by atoms with E-state index >= 15 is 0 Å². The van der Waals surface area contributed by atoms with E-state index in [1.54, 1.807) is 0 Å². The number of hydrogen-bond donors (Lipinski definition) is 0. The Morgan fingerprint density at radius 3 is 2.57 bits per heavy atom. The highest BCUT2D eigenvalue weighted by atomic mass is 35.5. The maximum absolute atomic E-state index is 9.78. The van der Waals surface area contributed by atoms with Gasteiger partial charge in [0.05, 0.1) is 0 Å². The van der Waals surface area contributed by atoms with Gasteiger partial charge in [-0.25, -0.2) is 0 Å². The van der Waals surface area contributed by atoms with Gasteiger partial charge in [0, 0.05) is 6.08 Å². The lowest BCUT2D eigenvalue weighted by Gasteiger charge is -1.60. The molecule has 0 radical (unpaired) electrons. The third kappa shape index (κ3) is 5.26. The number of allylic oxidation sites excluding steroid dienone is 1. The summed E-state index contributed by atoms with van der Waals surface area (Å²) in [5.41, 5.74) is 4.52. The van der Waals surface area contributed by atoms with Crippen LogP contribution in [0.5, 0.6) is 0 Å². The van der Waals surface area contributed by atoms with Crippen molar-refractivity contribution in [2.24, 2.45) is 0 Å². The van der Waals surface area contributed by atoms with Gasteiger partial charge in [0.2, 0.25) is 0 Å². The number of halogens is 1. The Kier molecular flexibility index (Phi) is 3.09. The van der Waals surface area contributed by atoms with Gasteiger partial charge in [0.1, 0.15) is 0 Å². The van der Waals surface area contributed by atoms with Crippen LogP contribution in [0.25, 0.3) is 0 Å². The Morgan fingerprint density at radius 2 is 2.43 bits per heavy atom. The number of carbonyl (C=O) groups is 1. The summed E-state index contributed by atoms with van der Waals surface area (Å²) in [5.74, 6) is 0. The lowest BCUT2D eigenvalue weighted by Crippen LogP contribution is -1.69. The van der Waals surface area contributed by atoms with Crippen molar-refractivity contribution >= 4 is 16.8 Å². The van der Waals surface area contributed by atoms with E-state index in [1.807, 2.05) is 0 Å². The third-order valence-electron chi connectivity index (χ3n) is 0.288. The molecule has 0 aromatic carbocycles. The quantitative estimate of drug-likeness (QED) is 0.285. The third-order valence-corrected chi connectivity index (χ3v) is 0.397. The molecule has 0 N–H and O–H groups in total. The molecule has 0 saturated carbocycles. The first-order chi connectivity index (χ1) is 3.27. The predicted octanol–water partition coefficient (Wildman–Crippen LogP) is 1.25. The fourth-order valence-corrected chi connectivity index (χ4v) is 0.162. The molecular weight excluding hydrogens is 112 g/mol. The zero-order valence-corrected chi connectivity index (χ0v) is 4.33. The van der Waals surface area contributed by atoms with Gasteiger partial charge in [0.15, 0.2) is 0 Å². The molecule has 0 bridgehead atoms. The zero-order valence-electron chi connectivity index (χ0n) is 3.57. The summed E-state index contributed by atoms with van der Waals surface area (Å²) < 4.78 is 0. The van der Waals surface area contributed by atoms with E-state index in [1.165, 1.54) is 0 Å². The van der Waals surface area contributed by atoms with E-state index < -0.39 is 5.24 Å². The van der Waals surface area contributed by atoms with E-state index in [0.29, 0.717) is 0 Å². The van der Waals surface area contributed by atoms with Crippen molar-refractivity contribution in [1.29, 1.82) is 0 Å². The van der Waals surface area contributed by atoms with Crippen LogP contribution in [0, 0.1) is 0 Å². The molecule has 0 unspecified atom stereocenters. The molecule has 0 rings (SSSR count). The summed E-state index contributed by atoms with van der Waals surface area (Å²) in [6, 6.07) is 0. The summed E-state index contributed by atoms with van der Waals surface area (Å²) in [4.78, 5) is 9.78. The first-order valence-electron chi connectivity index (χ1n) is 1.57. The molecule has 36 valence electrons. The fourth-order valence-electron chi connectivity index (χ4n) is 0.108. The molecule has 0 aromatic rings. The molecule has 0 heterocycles. The smallest absolute Gasteiger partial charge is 0.253 e. The summed E-state index contributed by atoms with van der Waals surface area (Å²) in [6.45, 7) is 3.15. The second kappa shape index (κ2) is 3.45. The number of carbonyl (C=O) groups excluding carboxylic acids is 1. The van der Waals surface area contributed by atoms with Crippen molar-refractivity contribution in [3.63, 3.8) is 0 Å². The van der Waals surface area contributed by atoms with Gasteiger partial charge in [-0.2, -0.15) is 0 Å². The van der Waals surface area contributed by atoms with Gasteiger partial charge >= 0.3 is 0 Å². The van der Waals surface area contributed by atoms with Crippen LogP contribution in [0.1, 0.15) is 0 Å². The van der Waals surface area contributed by atoms with Crippen molar-refractivity contribution < 1.29 is 4.79 Å². The normalized spacial score (nSPS) is 5.86. The van der Waals surface area contributed by atoms with Gasteiger partial charge < -0.3 is 0 Å². The topological polar surface area (TPSA) is 17.1 Å². The first kappa shape index (κ1) is 6.26. The molecule has 0 aromatic heterocycles. The second-order valence-corrected chi connectivity index (χ2v) is 1.14.